The number of hydrogen-bond donors (Lipinski definition) is 0. The minimum absolute atomic E-state index is 1.12. The zero-order chi connectivity index (χ0) is 11.5. The van der Waals surface area contributed by atoms with E-state index < -0.39 is 0 Å². The molecule has 0 saturated heterocycles. The van der Waals surface area contributed by atoms with Gasteiger partial charge in [-0.15, -0.1) is 0 Å². The maximum absolute atomic E-state index is 3.45. The zero-order valence-corrected chi connectivity index (χ0v) is 11.7. The van der Waals surface area contributed by atoms with Crippen LogP contribution in [-0.2, 0) is 0 Å². The monoisotopic (exact) mass is 292 g/mol. The van der Waals surface area contributed by atoms with Gasteiger partial charge in [0.05, 0.1) is 0 Å². The Morgan fingerprint density at radius 3 is 2.25 bits per heavy atom. The Balaban J connectivity index is 2.23. The Bertz CT molecular complexity index is 489. The van der Waals surface area contributed by atoms with Crippen LogP contribution in [0.15, 0.2) is 56.7 Å². The summed E-state index contributed by atoms with van der Waals surface area (Å²) in [7, 11) is 0. The van der Waals surface area contributed by atoms with E-state index >= 15 is 0 Å². The van der Waals surface area contributed by atoms with Crippen molar-refractivity contribution >= 4 is 27.7 Å². The van der Waals surface area contributed by atoms with E-state index in [1.54, 1.807) is 0 Å². The highest BCUT2D eigenvalue weighted by molar-refractivity contribution is 9.10. The average Bonchev–Trinajstić information content (AvgIpc) is 2.25. The van der Waals surface area contributed by atoms with Crippen molar-refractivity contribution in [1.29, 1.82) is 0 Å². The van der Waals surface area contributed by atoms with Crippen molar-refractivity contribution in [2.45, 2.75) is 23.6 Å². The van der Waals surface area contributed by atoms with Crippen molar-refractivity contribution in [3.63, 3.8) is 0 Å². The lowest BCUT2D eigenvalue weighted by Crippen LogP contribution is -1.81. The maximum atomic E-state index is 3.45. The Morgan fingerprint density at radius 1 is 0.938 bits per heavy atom. The van der Waals surface area contributed by atoms with E-state index in [1.807, 2.05) is 11.8 Å². The van der Waals surface area contributed by atoms with Crippen LogP contribution < -0.4 is 0 Å². The first kappa shape index (κ1) is 11.7. The molecule has 0 atom stereocenters. The molecular weight excluding hydrogens is 280 g/mol. The van der Waals surface area contributed by atoms with Crippen LogP contribution in [0, 0.1) is 13.8 Å². The summed E-state index contributed by atoms with van der Waals surface area (Å²) in [6.07, 6.45) is 0. The molecule has 0 fully saturated rings. The summed E-state index contributed by atoms with van der Waals surface area (Å²) in [5.74, 6) is 0. The van der Waals surface area contributed by atoms with Crippen molar-refractivity contribution < 1.29 is 0 Å². The van der Waals surface area contributed by atoms with E-state index in [-0.39, 0.29) is 0 Å². The predicted octanol–water partition coefficient (Wildman–Crippen LogP) is 5.22. The fraction of sp³-hybridized carbons (Fsp3) is 0.143. The van der Waals surface area contributed by atoms with Gasteiger partial charge in [-0.25, -0.2) is 0 Å². The topological polar surface area (TPSA) is 0 Å². The summed E-state index contributed by atoms with van der Waals surface area (Å²) in [6, 6.07) is 15.0. The predicted molar refractivity (Wildman–Crippen MR) is 74.2 cm³/mol. The van der Waals surface area contributed by atoms with Gasteiger partial charge in [0.25, 0.3) is 0 Å². The lowest BCUT2D eigenvalue weighted by molar-refractivity contribution is 1.26. The van der Waals surface area contributed by atoms with Crippen LogP contribution in [0.5, 0.6) is 0 Å². The van der Waals surface area contributed by atoms with Gasteiger partial charge in [-0.2, -0.15) is 0 Å². The molecule has 16 heavy (non-hydrogen) atoms. The molecule has 0 heterocycles. The number of benzene rings is 2. The summed E-state index contributed by atoms with van der Waals surface area (Å²) < 4.78 is 1.12. The van der Waals surface area contributed by atoms with Crippen LogP contribution in [0.2, 0.25) is 0 Å². The van der Waals surface area contributed by atoms with Gasteiger partial charge in [-0.3, -0.25) is 0 Å². The average molecular weight is 293 g/mol. The summed E-state index contributed by atoms with van der Waals surface area (Å²) >= 11 is 5.26. The molecule has 0 saturated carbocycles. The third kappa shape index (κ3) is 2.89. The molecule has 0 amide bonds. The van der Waals surface area contributed by atoms with Crippen LogP contribution in [0.4, 0.5) is 0 Å². The minimum Gasteiger partial charge on any atom is -0.0898 e. The molecule has 0 radical (unpaired) electrons. The van der Waals surface area contributed by atoms with E-state index in [1.165, 1.54) is 20.9 Å². The van der Waals surface area contributed by atoms with Crippen molar-refractivity contribution in [2.75, 3.05) is 0 Å². The molecule has 2 aromatic carbocycles. The third-order valence-electron chi connectivity index (χ3n) is 2.37. The number of hydrogen-bond acceptors (Lipinski definition) is 1. The zero-order valence-electron chi connectivity index (χ0n) is 9.33. The fourth-order valence-electron chi connectivity index (χ4n) is 1.54. The fourth-order valence-corrected chi connectivity index (χ4v) is 2.69. The Labute approximate surface area is 109 Å². The first-order valence-corrected chi connectivity index (χ1v) is 6.77. The van der Waals surface area contributed by atoms with Crippen molar-refractivity contribution in [3.8, 4) is 0 Å². The molecule has 0 unspecified atom stereocenters. The smallest absolute Gasteiger partial charge is 0.0176 e. The number of halogens is 1. The Kier molecular flexibility index (Phi) is 3.72. The molecule has 0 bridgehead atoms. The van der Waals surface area contributed by atoms with E-state index in [0.717, 1.165) is 4.47 Å². The second kappa shape index (κ2) is 5.07. The van der Waals surface area contributed by atoms with Crippen LogP contribution in [-0.4, -0.2) is 0 Å². The normalized spacial score (nSPS) is 10.4. The van der Waals surface area contributed by atoms with Gasteiger partial charge in [-0.05, 0) is 49.7 Å². The molecule has 0 spiro atoms. The summed E-state index contributed by atoms with van der Waals surface area (Å²) in [5, 5.41) is 0. The molecule has 2 heteroatoms. The first-order chi connectivity index (χ1) is 7.65. The lowest BCUT2D eigenvalue weighted by atomic mass is 10.2. The van der Waals surface area contributed by atoms with Crippen LogP contribution in [0.25, 0.3) is 0 Å². The van der Waals surface area contributed by atoms with Gasteiger partial charge in [0, 0.05) is 14.3 Å². The van der Waals surface area contributed by atoms with Gasteiger partial charge in [0.2, 0.25) is 0 Å². The molecule has 2 aromatic rings. The number of aryl methyl sites for hydroxylation is 2. The molecule has 0 nitrogen and oxygen atoms in total. The second-order valence-electron chi connectivity index (χ2n) is 3.82. The van der Waals surface area contributed by atoms with Gasteiger partial charge >= 0.3 is 0 Å². The van der Waals surface area contributed by atoms with Crippen molar-refractivity contribution in [3.05, 3.63) is 58.1 Å². The summed E-state index contributed by atoms with van der Waals surface area (Å²) in [5.41, 5.74) is 2.66. The molecular formula is C14H13BrS. The maximum Gasteiger partial charge on any atom is 0.0176 e. The largest absolute Gasteiger partial charge is 0.0898 e. The molecule has 82 valence electrons. The Hall–Kier alpha value is -0.730. The molecule has 2 rings (SSSR count). The molecule has 0 aliphatic rings. The van der Waals surface area contributed by atoms with E-state index in [2.05, 4.69) is 72.2 Å². The highest BCUT2D eigenvalue weighted by atomic mass is 79.9. The summed E-state index contributed by atoms with van der Waals surface area (Å²) in [4.78, 5) is 2.60. The van der Waals surface area contributed by atoms with E-state index in [4.69, 9.17) is 0 Å². The van der Waals surface area contributed by atoms with Gasteiger partial charge in [-0.1, -0.05) is 45.4 Å². The van der Waals surface area contributed by atoms with Crippen molar-refractivity contribution in [1.82, 2.24) is 0 Å². The number of rotatable bonds is 2. The minimum atomic E-state index is 1.12. The highest BCUT2D eigenvalue weighted by Gasteiger charge is 2.01. The van der Waals surface area contributed by atoms with Gasteiger partial charge in [0.15, 0.2) is 0 Å². The van der Waals surface area contributed by atoms with Crippen LogP contribution >= 0.6 is 27.7 Å². The van der Waals surface area contributed by atoms with Crippen LogP contribution in [0.3, 0.4) is 0 Å². The van der Waals surface area contributed by atoms with Gasteiger partial charge in [0.1, 0.15) is 0 Å². The second-order valence-corrected chi connectivity index (χ2v) is 5.86. The van der Waals surface area contributed by atoms with Gasteiger partial charge < -0.3 is 0 Å². The molecule has 0 aliphatic heterocycles. The quantitative estimate of drug-likeness (QED) is 0.731. The van der Waals surface area contributed by atoms with E-state index in [9.17, 15) is 0 Å². The van der Waals surface area contributed by atoms with Crippen LogP contribution in [0.1, 0.15) is 11.1 Å². The summed E-state index contributed by atoms with van der Waals surface area (Å²) in [6.45, 7) is 4.29. The molecule has 0 aromatic heterocycles. The SMILES string of the molecule is Cc1ccc(Sc2ccc(Br)cc2)c(C)c1. The molecule has 0 N–H and O–H groups in total. The first-order valence-electron chi connectivity index (χ1n) is 5.16. The van der Waals surface area contributed by atoms with Crippen molar-refractivity contribution in [2.24, 2.45) is 0 Å². The van der Waals surface area contributed by atoms with E-state index in [0.29, 0.717) is 0 Å². The molecule has 0 aliphatic carbocycles. The highest BCUT2D eigenvalue weighted by Crippen LogP contribution is 2.31. The third-order valence-corrected chi connectivity index (χ3v) is 4.09. The standard InChI is InChI=1S/C14H13BrS/c1-10-3-8-14(11(2)9-10)16-13-6-4-12(15)5-7-13/h3-9H,1-2H3. The Morgan fingerprint density at radius 2 is 1.62 bits per heavy atom. The lowest BCUT2D eigenvalue weighted by Gasteiger charge is -2.06.